The maximum atomic E-state index is 12.4. The summed E-state index contributed by atoms with van der Waals surface area (Å²) in [5, 5.41) is -1.00. The van der Waals surface area contributed by atoms with Gasteiger partial charge in [-0.3, -0.25) is 0 Å². The largest absolute Gasteiger partial charge is 0.238 e. The number of hydrogen-bond acceptors (Lipinski definition) is 2. The molecule has 2 rings (SSSR count). The van der Waals surface area contributed by atoms with Gasteiger partial charge >= 0.3 is 0 Å². The molecule has 1 aliphatic carbocycles. The van der Waals surface area contributed by atoms with Crippen molar-refractivity contribution in [2.45, 2.75) is 48.8 Å². The van der Waals surface area contributed by atoms with E-state index in [1.807, 2.05) is 0 Å². The van der Waals surface area contributed by atoms with Crippen LogP contribution in [0.3, 0.4) is 0 Å². The third kappa shape index (κ3) is 2.93. The molecule has 0 bridgehead atoms. The zero-order valence-corrected chi connectivity index (χ0v) is 11.3. The molecule has 18 heavy (non-hydrogen) atoms. The fraction of sp³-hybridized carbons (Fsp3) is 0.571. The summed E-state index contributed by atoms with van der Waals surface area (Å²) in [4.78, 5) is 0.286. The topological polar surface area (TPSA) is 57.9 Å². The van der Waals surface area contributed by atoms with Crippen LogP contribution in [-0.4, -0.2) is 13.8 Å². The Hall–Kier alpha value is -0.870. The molecule has 1 atom stereocenters. The van der Waals surface area contributed by atoms with Crippen molar-refractivity contribution in [3.05, 3.63) is 30.3 Å². The summed E-state index contributed by atoms with van der Waals surface area (Å²) < 4.78 is 24.7. The van der Waals surface area contributed by atoms with Crippen LogP contribution in [0, 0.1) is 5.92 Å². The van der Waals surface area contributed by atoms with E-state index in [9.17, 15) is 8.42 Å². The molecule has 0 heterocycles. The maximum absolute atomic E-state index is 12.4. The first-order valence-corrected chi connectivity index (χ1v) is 8.17. The first kappa shape index (κ1) is 13.6. The van der Waals surface area contributed by atoms with Crippen LogP contribution in [0.2, 0.25) is 0 Å². The summed E-state index contributed by atoms with van der Waals surface area (Å²) in [6, 6.07) is 8.41. The normalized spacial score (nSPS) is 20.3. The van der Waals surface area contributed by atoms with Gasteiger partial charge in [-0.15, -0.1) is 0 Å². The molecule has 1 aliphatic rings. The number of benzene rings is 1. The Morgan fingerprint density at radius 2 is 1.56 bits per heavy atom. The van der Waals surface area contributed by atoms with Crippen molar-refractivity contribution in [1.82, 2.24) is 5.73 Å². The van der Waals surface area contributed by atoms with Crippen LogP contribution < -0.4 is 5.73 Å². The predicted octanol–water partition coefficient (Wildman–Crippen LogP) is 3.04. The van der Waals surface area contributed by atoms with Crippen molar-refractivity contribution >= 4 is 9.84 Å². The molecule has 1 radical (unpaired) electrons. The van der Waals surface area contributed by atoms with E-state index < -0.39 is 15.2 Å². The van der Waals surface area contributed by atoms with Gasteiger partial charge in [-0.1, -0.05) is 43.9 Å². The van der Waals surface area contributed by atoms with Gasteiger partial charge < -0.3 is 0 Å². The molecular formula is C14H20NO2S. The molecule has 99 valence electrons. The summed E-state index contributed by atoms with van der Waals surface area (Å²) in [7, 11) is -3.49. The molecular weight excluding hydrogens is 246 g/mol. The third-order valence-corrected chi connectivity index (χ3v) is 5.72. The molecule has 0 aromatic heterocycles. The van der Waals surface area contributed by atoms with Crippen molar-refractivity contribution in [2.75, 3.05) is 0 Å². The summed E-state index contributed by atoms with van der Waals surface area (Å²) in [5.41, 5.74) is 8.12. The molecule has 1 aromatic carbocycles. The summed E-state index contributed by atoms with van der Waals surface area (Å²) in [6.07, 6.45) is 6.22. The highest BCUT2D eigenvalue weighted by atomic mass is 32.2. The van der Waals surface area contributed by atoms with E-state index in [1.165, 1.54) is 12.8 Å². The van der Waals surface area contributed by atoms with Gasteiger partial charge in [0.25, 0.3) is 0 Å². The molecule has 0 amide bonds. The van der Waals surface area contributed by atoms with Crippen LogP contribution in [0.25, 0.3) is 0 Å². The highest BCUT2D eigenvalue weighted by Crippen LogP contribution is 2.29. The lowest BCUT2D eigenvalue weighted by Crippen LogP contribution is -2.31. The summed E-state index contributed by atoms with van der Waals surface area (Å²) in [6.45, 7) is 0. The van der Waals surface area contributed by atoms with Crippen LogP contribution >= 0.6 is 0 Å². The molecule has 1 saturated carbocycles. The number of sulfone groups is 1. The van der Waals surface area contributed by atoms with Gasteiger partial charge in [-0.05, 0) is 30.9 Å². The fourth-order valence-electron chi connectivity index (χ4n) is 2.62. The van der Waals surface area contributed by atoms with E-state index in [2.05, 4.69) is 0 Å². The van der Waals surface area contributed by atoms with E-state index in [0.717, 1.165) is 25.7 Å². The second-order valence-corrected chi connectivity index (χ2v) is 7.10. The van der Waals surface area contributed by atoms with Crippen molar-refractivity contribution in [3.8, 4) is 0 Å². The van der Waals surface area contributed by atoms with Crippen LogP contribution in [0.15, 0.2) is 35.2 Å². The van der Waals surface area contributed by atoms with Crippen LogP contribution in [0.1, 0.15) is 38.5 Å². The second-order valence-electron chi connectivity index (χ2n) is 5.03. The van der Waals surface area contributed by atoms with E-state index in [4.69, 9.17) is 5.73 Å². The molecule has 3 nitrogen and oxygen atoms in total. The molecule has 1 unspecified atom stereocenters. The van der Waals surface area contributed by atoms with Gasteiger partial charge in [0.15, 0.2) is 9.84 Å². The van der Waals surface area contributed by atoms with Crippen LogP contribution in [0.5, 0.6) is 0 Å². The summed E-state index contributed by atoms with van der Waals surface area (Å²) >= 11 is 0. The smallest absolute Gasteiger partial charge is 0.195 e. The van der Waals surface area contributed by atoms with Crippen LogP contribution in [0.4, 0.5) is 0 Å². The minimum absolute atomic E-state index is 0.00212. The minimum Gasteiger partial charge on any atom is -0.238 e. The van der Waals surface area contributed by atoms with Gasteiger partial charge in [0.1, 0.15) is 5.37 Å². The Morgan fingerprint density at radius 1 is 1.00 bits per heavy atom. The Morgan fingerprint density at radius 3 is 2.11 bits per heavy atom. The molecule has 0 aliphatic heterocycles. The number of rotatable bonds is 3. The van der Waals surface area contributed by atoms with Gasteiger partial charge in [-0.2, -0.15) is 0 Å². The Labute approximate surface area is 109 Å². The molecule has 1 aromatic rings. The third-order valence-electron chi connectivity index (χ3n) is 3.73. The maximum Gasteiger partial charge on any atom is 0.195 e. The van der Waals surface area contributed by atoms with Gasteiger partial charge in [0.2, 0.25) is 0 Å². The average molecular weight is 266 g/mol. The zero-order valence-electron chi connectivity index (χ0n) is 10.5. The van der Waals surface area contributed by atoms with Crippen LogP contribution in [-0.2, 0) is 9.84 Å². The fourth-order valence-corrected chi connectivity index (χ4v) is 4.23. The number of nitrogens with one attached hydrogen (secondary N) is 1. The lowest BCUT2D eigenvalue weighted by molar-refractivity contribution is 0.422. The first-order chi connectivity index (χ1) is 8.62. The monoisotopic (exact) mass is 266 g/mol. The lowest BCUT2D eigenvalue weighted by Gasteiger charge is -2.21. The molecule has 0 spiro atoms. The van der Waals surface area contributed by atoms with Gasteiger partial charge in [-0.25, -0.2) is 14.2 Å². The number of hydrogen-bond donors (Lipinski definition) is 0. The standard InChI is InChI=1S/C14H20NO2S/c15-14(12-8-4-1-2-5-9-12)18(16,17)13-10-6-3-7-11-13/h3,6-7,10-12,14-15H,1-2,4-5,8-9H2. The predicted molar refractivity (Wildman–Crippen MR) is 71.7 cm³/mol. The van der Waals surface area contributed by atoms with E-state index in [0.29, 0.717) is 0 Å². The lowest BCUT2D eigenvalue weighted by atomic mass is 10.0. The van der Waals surface area contributed by atoms with E-state index in [1.54, 1.807) is 30.3 Å². The molecule has 1 N–H and O–H groups in total. The highest BCUT2D eigenvalue weighted by molar-refractivity contribution is 7.92. The Balaban J connectivity index is 2.19. The Kier molecular flexibility index (Phi) is 4.40. The summed E-state index contributed by atoms with van der Waals surface area (Å²) in [5.74, 6) is -0.00212. The highest BCUT2D eigenvalue weighted by Gasteiger charge is 2.32. The van der Waals surface area contributed by atoms with E-state index >= 15 is 0 Å². The first-order valence-electron chi connectivity index (χ1n) is 6.62. The average Bonchev–Trinajstić information content (AvgIpc) is 2.67. The SMILES string of the molecule is [NH]C(C1CCCCCC1)S(=O)(=O)c1ccccc1. The van der Waals surface area contributed by atoms with Gasteiger partial charge in [0.05, 0.1) is 4.90 Å². The van der Waals surface area contributed by atoms with Crippen molar-refractivity contribution in [3.63, 3.8) is 0 Å². The van der Waals surface area contributed by atoms with Crippen molar-refractivity contribution in [1.29, 1.82) is 0 Å². The van der Waals surface area contributed by atoms with Crippen molar-refractivity contribution < 1.29 is 8.42 Å². The van der Waals surface area contributed by atoms with E-state index in [-0.39, 0.29) is 10.8 Å². The second kappa shape index (κ2) is 5.85. The zero-order chi connectivity index (χ0) is 13.0. The van der Waals surface area contributed by atoms with Crippen molar-refractivity contribution in [2.24, 2.45) is 5.92 Å². The molecule has 1 fully saturated rings. The minimum atomic E-state index is -3.49. The van der Waals surface area contributed by atoms with Gasteiger partial charge in [0, 0.05) is 0 Å². The Bertz CT molecular complexity index is 462. The quantitative estimate of drug-likeness (QED) is 0.789. The molecule has 4 heteroatoms. The molecule has 0 saturated heterocycles.